The minimum absolute atomic E-state index is 0.00954. The number of hydrogen-bond donors (Lipinski definition) is 6. The Morgan fingerprint density at radius 2 is 1.80 bits per heavy atom. The van der Waals surface area contributed by atoms with Crippen molar-refractivity contribution in [2.24, 2.45) is 11.1 Å². The number of aliphatic hydroxyl groups excluding tert-OH is 1. The Morgan fingerprint density at radius 1 is 1.10 bits per heavy atom. The van der Waals surface area contributed by atoms with Gasteiger partial charge in [0, 0.05) is 49.4 Å². The lowest BCUT2D eigenvalue weighted by molar-refractivity contribution is 0.0696. The van der Waals surface area contributed by atoms with Gasteiger partial charge in [-0.05, 0) is 49.7 Å². The third-order valence-corrected chi connectivity index (χ3v) is 7.61. The fraction of sp³-hybridized carbons (Fsp3) is 0.429. The molecule has 1 heterocycles. The Morgan fingerprint density at radius 3 is 2.45 bits per heavy atom. The molecule has 2 fully saturated rings. The van der Waals surface area contributed by atoms with E-state index in [0.717, 1.165) is 37.7 Å². The first-order valence-corrected chi connectivity index (χ1v) is 13.1. The largest absolute Gasteiger partial charge is 0.496 e. The predicted molar refractivity (Wildman–Crippen MR) is 145 cm³/mol. The number of amides is 2. The van der Waals surface area contributed by atoms with Crippen molar-refractivity contribution in [1.82, 2.24) is 20.9 Å². The zero-order valence-electron chi connectivity index (χ0n) is 22.5. The van der Waals surface area contributed by atoms with Gasteiger partial charge in [-0.15, -0.1) is 0 Å². The van der Waals surface area contributed by atoms with Crippen molar-refractivity contribution in [3.8, 4) is 11.5 Å². The van der Waals surface area contributed by atoms with Crippen LogP contribution in [0, 0.1) is 5.41 Å². The van der Waals surface area contributed by atoms with Gasteiger partial charge in [-0.25, -0.2) is 4.79 Å². The number of nitrogens with one attached hydrogen (secondary N) is 3. The summed E-state index contributed by atoms with van der Waals surface area (Å²) in [5.41, 5.74) is 7.45. The molecule has 2 atom stereocenters. The molecule has 40 heavy (non-hydrogen) atoms. The van der Waals surface area contributed by atoms with Crippen LogP contribution >= 0.6 is 0 Å². The van der Waals surface area contributed by atoms with Gasteiger partial charge in [0.05, 0.1) is 30.9 Å². The van der Waals surface area contributed by atoms with Crippen molar-refractivity contribution in [2.75, 3.05) is 27.3 Å². The molecule has 1 aromatic heterocycles. The Bertz CT molecular complexity index is 1300. The molecule has 2 amide bonds. The molecule has 0 aliphatic heterocycles. The average Bonchev–Trinajstić information content (AvgIpc) is 3.64. The number of pyridine rings is 1. The number of aliphatic hydroxyl groups is 1. The molecular formula is C28H35N5O7. The van der Waals surface area contributed by atoms with Crippen LogP contribution in [0.4, 0.5) is 0 Å². The predicted octanol–water partition coefficient (Wildman–Crippen LogP) is 1.71. The zero-order chi connectivity index (χ0) is 28.9. The highest BCUT2D eigenvalue weighted by Crippen LogP contribution is 2.57. The lowest BCUT2D eigenvalue weighted by Crippen LogP contribution is -2.31. The molecule has 12 heteroatoms. The SMILES string of the molecule is COc1cc(OC)c(C(O)NCCN)cc1C(=O)NC=C1CCC2(CC1)CC2NC(=O)c1cncc(C(=O)O)c1. The number of benzene rings is 1. The normalized spacial score (nSPS) is 20.4. The van der Waals surface area contributed by atoms with Crippen molar-refractivity contribution >= 4 is 17.8 Å². The molecule has 2 aromatic rings. The van der Waals surface area contributed by atoms with Gasteiger partial charge in [-0.1, -0.05) is 5.57 Å². The standard InChI is InChI=1S/C28H35N5O7/c1-39-21-11-22(40-2)20(10-19(21)25(35)31-8-7-29)26(36)32-13-16-3-5-28(6-4-16)12-23(28)33-24(34)17-9-18(27(37)38)15-30-14-17/h9-11,13-15,23,25,31,35H,3-8,12,29H2,1-2H3,(H,32,36)(H,33,34)(H,37,38). The van der Waals surface area contributed by atoms with Crippen LogP contribution in [0.5, 0.6) is 11.5 Å². The van der Waals surface area contributed by atoms with E-state index in [-0.39, 0.29) is 40.0 Å². The van der Waals surface area contributed by atoms with E-state index >= 15 is 0 Å². The third-order valence-electron chi connectivity index (χ3n) is 7.61. The first-order chi connectivity index (χ1) is 19.2. The number of methoxy groups -OCH3 is 2. The second-order valence-corrected chi connectivity index (χ2v) is 10.1. The molecule has 12 nitrogen and oxygen atoms in total. The molecule has 1 aromatic carbocycles. The Hall–Kier alpha value is -4.00. The molecule has 4 rings (SSSR count). The minimum Gasteiger partial charge on any atom is -0.496 e. The minimum atomic E-state index is -1.13. The third kappa shape index (κ3) is 6.41. The summed E-state index contributed by atoms with van der Waals surface area (Å²) in [6.45, 7) is 0.716. The van der Waals surface area contributed by atoms with Crippen molar-refractivity contribution < 1.29 is 34.1 Å². The zero-order valence-corrected chi connectivity index (χ0v) is 22.5. The number of ether oxygens (including phenoxy) is 2. The summed E-state index contributed by atoms with van der Waals surface area (Å²) in [5.74, 6) is -1.16. The van der Waals surface area contributed by atoms with E-state index in [1.807, 2.05) is 0 Å². The Labute approximate surface area is 232 Å². The lowest BCUT2D eigenvalue weighted by Gasteiger charge is -2.25. The number of hydrogen-bond acceptors (Lipinski definition) is 9. The van der Waals surface area contributed by atoms with E-state index < -0.39 is 12.2 Å². The van der Waals surface area contributed by atoms with E-state index in [1.165, 1.54) is 38.7 Å². The van der Waals surface area contributed by atoms with E-state index in [2.05, 4.69) is 20.9 Å². The molecule has 0 radical (unpaired) electrons. The van der Waals surface area contributed by atoms with Crippen molar-refractivity contribution in [1.29, 1.82) is 0 Å². The Kier molecular flexibility index (Phi) is 9.03. The van der Waals surface area contributed by atoms with E-state index in [1.54, 1.807) is 12.3 Å². The number of allylic oxidation sites excluding steroid dienone is 1. The van der Waals surface area contributed by atoms with Crippen LogP contribution in [0.25, 0.3) is 0 Å². The second-order valence-electron chi connectivity index (χ2n) is 10.1. The number of carbonyl (C=O) groups is 3. The van der Waals surface area contributed by atoms with Crippen LogP contribution < -0.4 is 31.2 Å². The van der Waals surface area contributed by atoms with Crippen LogP contribution in [0.1, 0.15) is 75.0 Å². The van der Waals surface area contributed by atoms with Gasteiger partial charge in [0.15, 0.2) is 0 Å². The van der Waals surface area contributed by atoms with Crippen LogP contribution in [-0.4, -0.2) is 66.3 Å². The van der Waals surface area contributed by atoms with Gasteiger partial charge in [0.1, 0.15) is 17.7 Å². The maximum atomic E-state index is 13.1. The topological polar surface area (TPSA) is 185 Å². The first kappa shape index (κ1) is 29.0. The highest BCUT2D eigenvalue weighted by Gasteiger charge is 2.55. The van der Waals surface area contributed by atoms with E-state index in [0.29, 0.717) is 30.2 Å². The smallest absolute Gasteiger partial charge is 0.337 e. The number of rotatable bonds is 11. The molecule has 2 saturated carbocycles. The van der Waals surface area contributed by atoms with Crippen molar-refractivity contribution in [3.05, 3.63) is 64.6 Å². The number of carboxylic acid groups (broad SMARTS) is 1. The van der Waals surface area contributed by atoms with E-state index in [9.17, 15) is 19.5 Å². The van der Waals surface area contributed by atoms with Crippen LogP contribution in [0.3, 0.4) is 0 Å². The highest BCUT2D eigenvalue weighted by molar-refractivity contribution is 5.98. The quantitative estimate of drug-likeness (QED) is 0.224. The summed E-state index contributed by atoms with van der Waals surface area (Å²) < 4.78 is 10.8. The number of aromatic carboxylic acids is 1. The molecule has 1 spiro atoms. The van der Waals surface area contributed by atoms with Gasteiger partial charge in [-0.3, -0.25) is 19.9 Å². The summed E-state index contributed by atoms with van der Waals surface area (Å²) in [7, 11) is 2.93. The Balaban J connectivity index is 1.35. The number of nitrogens with zero attached hydrogens (tertiary/aromatic N) is 1. The van der Waals surface area contributed by atoms with Crippen LogP contribution in [0.2, 0.25) is 0 Å². The van der Waals surface area contributed by atoms with Crippen LogP contribution in [-0.2, 0) is 0 Å². The summed E-state index contributed by atoms with van der Waals surface area (Å²) in [6, 6.07) is 4.44. The monoisotopic (exact) mass is 553 g/mol. The number of aromatic nitrogens is 1. The molecule has 0 bridgehead atoms. The lowest BCUT2D eigenvalue weighted by atomic mass is 9.83. The number of carbonyl (C=O) groups excluding carboxylic acids is 2. The van der Waals surface area contributed by atoms with Gasteiger partial charge >= 0.3 is 5.97 Å². The van der Waals surface area contributed by atoms with Gasteiger partial charge < -0.3 is 36.1 Å². The fourth-order valence-corrected chi connectivity index (χ4v) is 5.13. The summed E-state index contributed by atoms with van der Waals surface area (Å²) in [5, 5.41) is 28.4. The molecular weight excluding hydrogens is 518 g/mol. The van der Waals surface area contributed by atoms with Gasteiger partial charge in [0.25, 0.3) is 11.8 Å². The van der Waals surface area contributed by atoms with E-state index in [4.69, 9.17) is 20.3 Å². The summed E-state index contributed by atoms with van der Waals surface area (Å²) >= 11 is 0. The van der Waals surface area contributed by atoms with Gasteiger partial charge in [-0.2, -0.15) is 0 Å². The van der Waals surface area contributed by atoms with Crippen molar-refractivity contribution in [3.63, 3.8) is 0 Å². The van der Waals surface area contributed by atoms with Gasteiger partial charge in [0.2, 0.25) is 0 Å². The number of nitrogens with two attached hydrogens (primary N) is 1. The molecule has 2 unspecified atom stereocenters. The number of carboxylic acids is 1. The maximum absolute atomic E-state index is 13.1. The molecule has 0 saturated heterocycles. The maximum Gasteiger partial charge on any atom is 0.337 e. The molecule has 7 N–H and O–H groups in total. The van der Waals surface area contributed by atoms with Crippen LogP contribution in [0.15, 0.2) is 42.4 Å². The highest BCUT2D eigenvalue weighted by atomic mass is 16.5. The van der Waals surface area contributed by atoms with Crippen molar-refractivity contribution in [2.45, 2.75) is 44.4 Å². The summed E-state index contributed by atoms with van der Waals surface area (Å²) in [4.78, 5) is 40.7. The fourth-order valence-electron chi connectivity index (χ4n) is 5.13. The summed E-state index contributed by atoms with van der Waals surface area (Å²) in [6.07, 6.45) is 7.35. The molecule has 214 valence electrons. The molecule has 2 aliphatic carbocycles. The molecule has 2 aliphatic rings. The average molecular weight is 554 g/mol. The second kappa shape index (κ2) is 12.5. The first-order valence-electron chi connectivity index (χ1n) is 13.1.